The van der Waals surface area contributed by atoms with E-state index in [1.54, 1.807) is 35.0 Å². The number of nitrogens with zero attached hydrogens (tertiary/aromatic N) is 7. The number of ether oxygens (including phenoxy) is 15. The number of hydrogen-bond acceptors (Lipinski definition) is 30. The Kier molecular flexibility index (Phi) is 34.8. The van der Waals surface area contributed by atoms with Gasteiger partial charge in [-0.25, -0.2) is 19.3 Å². The fourth-order valence-corrected chi connectivity index (χ4v) is 13.6. The molecule has 0 saturated carbocycles. The number of carbonyl (C=O) groups excluding carboxylic acids is 5. The molecule has 7 heterocycles. The van der Waals surface area contributed by atoms with Gasteiger partial charge in [0, 0.05) is 79.5 Å². The smallest absolute Gasteiger partial charge is 0.412 e. The van der Waals surface area contributed by atoms with E-state index < -0.39 is 70.6 Å². The van der Waals surface area contributed by atoms with E-state index in [9.17, 15) is 64.1 Å². The van der Waals surface area contributed by atoms with Crippen LogP contribution in [-0.4, -0.2) is 266 Å². The van der Waals surface area contributed by atoms with Crippen LogP contribution in [-0.2, 0) is 135 Å². The van der Waals surface area contributed by atoms with Gasteiger partial charge in [-0.15, -0.1) is 5.10 Å². The van der Waals surface area contributed by atoms with Gasteiger partial charge in [-0.05, 0) is 85.2 Å². The Balaban J connectivity index is 0.581. The van der Waals surface area contributed by atoms with E-state index in [-0.39, 0.29) is 86.7 Å². The molecule has 117 heavy (non-hydrogen) atoms. The number of aromatic nitrogens is 5. The number of aliphatic hydroxyl groups is 3. The van der Waals surface area contributed by atoms with Crippen LogP contribution in [0.3, 0.4) is 0 Å². The largest absolute Gasteiger partial charge is 0.493 e. The Morgan fingerprint density at radius 2 is 1.32 bits per heavy atom. The number of rotatable bonds is 53. The lowest BCUT2D eigenvalue weighted by Gasteiger charge is -2.38. The van der Waals surface area contributed by atoms with Gasteiger partial charge in [0.25, 0.3) is 17.4 Å². The van der Waals surface area contributed by atoms with E-state index in [0.717, 1.165) is 58.0 Å². The maximum atomic E-state index is 14.1. The third kappa shape index (κ3) is 25.2. The number of benzene rings is 2. The van der Waals surface area contributed by atoms with Crippen molar-refractivity contribution in [1.82, 2.24) is 34.8 Å². The highest BCUT2D eigenvalue weighted by atomic mass is 16.7. The zero-order chi connectivity index (χ0) is 83.2. The monoisotopic (exact) mass is 1640 g/mol. The molecule has 1 unspecified atom stereocenters. The summed E-state index contributed by atoms with van der Waals surface area (Å²) in [5, 5.41) is 67.4. The number of fused-ring (bicyclic) bond motifs is 5. The number of amides is 4. The lowest BCUT2D eigenvalue weighted by molar-refractivity contribution is -0.387. The molecule has 2 aromatic carbocycles. The minimum Gasteiger partial charge on any atom is -0.493 e. The fourth-order valence-electron chi connectivity index (χ4n) is 13.6. The highest BCUT2D eigenvalue weighted by Gasteiger charge is 2.49. The number of pyridine rings is 2. The molecule has 5 aliphatic rings. The number of cyclic esters (lactones) is 1. The summed E-state index contributed by atoms with van der Waals surface area (Å²) in [5.74, 6) is -2.50. The van der Waals surface area contributed by atoms with Gasteiger partial charge in [0.15, 0.2) is 11.9 Å². The zero-order valence-corrected chi connectivity index (χ0v) is 66.2. The average molecular weight is 1640 g/mol. The third-order valence-corrected chi connectivity index (χ3v) is 20.2. The first-order chi connectivity index (χ1) is 56.6. The van der Waals surface area contributed by atoms with E-state index in [0.29, 0.717) is 199 Å². The second-order valence-electron chi connectivity index (χ2n) is 28.3. The van der Waals surface area contributed by atoms with Crippen molar-refractivity contribution in [2.75, 3.05) is 151 Å². The lowest BCUT2D eigenvalue weighted by Crippen LogP contribution is -2.61. The molecule has 5 aromatic rings. The van der Waals surface area contributed by atoms with Crippen molar-refractivity contribution >= 4 is 53.2 Å². The average Bonchev–Trinajstić information content (AvgIpc) is 1.59. The zero-order valence-electron chi connectivity index (χ0n) is 66.2. The molecule has 0 bridgehead atoms. The van der Waals surface area contributed by atoms with Gasteiger partial charge in [0.2, 0.25) is 12.2 Å². The molecule has 0 spiro atoms. The number of esters is 1. The minimum atomic E-state index is -2.05. The molecule has 638 valence electrons. The molecular formula is C80H105N9O28. The Bertz CT molecular complexity index is 4270. The number of unbranched alkanes of at least 4 members (excludes halogenated alkanes) is 2. The second-order valence-corrected chi connectivity index (χ2v) is 28.3. The van der Waals surface area contributed by atoms with Gasteiger partial charge >= 0.3 is 23.7 Å². The molecule has 4 aliphatic heterocycles. The molecule has 1 saturated heterocycles. The number of carboxylic acids is 1. The van der Waals surface area contributed by atoms with Gasteiger partial charge in [0.1, 0.15) is 37.6 Å². The Labute approximate surface area is 675 Å². The van der Waals surface area contributed by atoms with E-state index in [2.05, 4.69) is 34.8 Å². The van der Waals surface area contributed by atoms with E-state index >= 15 is 0 Å². The van der Waals surface area contributed by atoms with Gasteiger partial charge in [-0.1, -0.05) is 50.6 Å². The van der Waals surface area contributed by atoms with Crippen molar-refractivity contribution < 1.29 is 125 Å². The number of carboxylic acid groups (broad SMARTS) is 1. The second kappa shape index (κ2) is 45.4. The lowest BCUT2D eigenvalue weighted by atomic mass is 9.76. The van der Waals surface area contributed by atoms with Crippen molar-refractivity contribution in [1.29, 1.82) is 0 Å². The molecule has 37 heteroatoms. The van der Waals surface area contributed by atoms with E-state index in [4.69, 9.17) is 76.0 Å². The number of aliphatic carboxylic acids is 1. The molecule has 8 atom stereocenters. The Morgan fingerprint density at radius 3 is 1.91 bits per heavy atom. The molecule has 37 nitrogen and oxygen atoms in total. The summed E-state index contributed by atoms with van der Waals surface area (Å²) >= 11 is 0. The van der Waals surface area contributed by atoms with Crippen LogP contribution in [0.25, 0.3) is 17.5 Å². The maximum absolute atomic E-state index is 14.1. The fraction of sp³-hybridized carbons (Fsp3) is 0.575. The first-order valence-electron chi connectivity index (χ1n) is 39.4. The Morgan fingerprint density at radius 1 is 0.726 bits per heavy atom. The minimum absolute atomic E-state index is 0.0405. The quantitative estimate of drug-likeness (QED) is 0.00991. The summed E-state index contributed by atoms with van der Waals surface area (Å²) in [5.41, 5.74) is 6.16. The molecule has 1 fully saturated rings. The van der Waals surface area contributed by atoms with Crippen LogP contribution in [0, 0.1) is 10.1 Å². The molecule has 6 N–H and O–H groups in total. The van der Waals surface area contributed by atoms with Gasteiger partial charge in [-0.2, -0.15) is 0 Å². The first-order valence-corrected chi connectivity index (χ1v) is 39.4. The van der Waals surface area contributed by atoms with Crippen LogP contribution in [0.2, 0.25) is 0 Å². The van der Waals surface area contributed by atoms with Crippen molar-refractivity contribution in [2.24, 2.45) is 0 Å². The summed E-state index contributed by atoms with van der Waals surface area (Å²) in [6, 6.07) is 12.3. The summed E-state index contributed by atoms with van der Waals surface area (Å²) in [6.07, 6.45) is -2.24. The molecular weight excluding hydrogens is 1530 g/mol. The van der Waals surface area contributed by atoms with Crippen LogP contribution >= 0.6 is 0 Å². The molecule has 3 aromatic heterocycles. The third-order valence-electron chi connectivity index (χ3n) is 20.2. The van der Waals surface area contributed by atoms with Crippen LogP contribution in [0.4, 0.5) is 16.2 Å². The number of carbonyl (C=O) groups is 6. The number of imide groups is 1. The number of allylic oxidation sites excluding steroid dienone is 1. The number of nitro groups is 1. The van der Waals surface area contributed by atoms with Gasteiger partial charge in [0.05, 0.1) is 190 Å². The number of nitro benzene ring substituents is 1. The normalized spacial score (nSPS) is 19.5. The van der Waals surface area contributed by atoms with Gasteiger partial charge < -0.3 is 101 Å². The van der Waals surface area contributed by atoms with Crippen LogP contribution in [0.1, 0.15) is 129 Å². The van der Waals surface area contributed by atoms with Crippen molar-refractivity contribution in [2.45, 2.75) is 154 Å². The highest BCUT2D eigenvalue weighted by molar-refractivity contribution is 6.12. The topological polar surface area (TPSA) is 458 Å². The molecule has 10 rings (SSSR count). The SMILES string of the molecule is CCc1c2c(nc3c1Cn1c-3cc3c(c1=O)COC(=O)[C@]3(C)CC)C(C)CC(OCc1ccc(NC(=O)O[C@@H](Cc3cn(CCOCCOCCOCCOCCOCCOCCOCCOCCOCCOCCNC(=O)CCCCCN4C(=O)C=CC4=O)nn3)c3ccc(O[C@H]4O[C@@H](C(=O)O)[C@H](O)[C@@H](O)[C@@H]4O)c([N+](=O)[O-])c3)cc1)=C2. The van der Waals surface area contributed by atoms with Gasteiger partial charge in [-0.3, -0.25) is 44.3 Å². The summed E-state index contributed by atoms with van der Waals surface area (Å²) < 4.78 is 87.6. The summed E-state index contributed by atoms with van der Waals surface area (Å²) in [7, 11) is 0. The number of hydrogen-bond donors (Lipinski definition) is 6. The summed E-state index contributed by atoms with van der Waals surface area (Å²) in [4.78, 5) is 106. The van der Waals surface area contributed by atoms with Crippen LogP contribution < -0.4 is 20.9 Å². The molecule has 4 amide bonds. The number of nitrogens with one attached hydrogen (secondary N) is 2. The van der Waals surface area contributed by atoms with E-state index in [1.165, 1.54) is 27.8 Å². The number of aliphatic hydroxyl groups excluding tert-OH is 3. The van der Waals surface area contributed by atoms with Crippen molar-refractivity contribution in [3.63, 3.8) is 0 Å². The summed E-state index contributed by atoms with van der Waals surface area (Å²) in [6.45, 7) is 16.8. The predicted octanol–water partition coefficient (Wildman–Crippen LogP) is 4.69. The Hall–Kier alpha value is -9.58. The van der Waals surface area contributed by atoms with Crippen LogP contribution in [0.15, 0.2) is 77.4 Å². The van der Waals surface area contributed by atoms with Crippen LogP contribution in [0.5, 0.6) is 5.75 Å². The molecule has 1 aliphatic carbocycles. The standard InChI is InChI=1S/C80H105N9O28/c1-5-57-58-45-56(42-51(3)69(58)83-70-59(57)48-88-63(70)46-61-60(75(88)96)50-114-78(99)80(61,4)6-2)113-49-52-11-14-54(15-12-52)82-79(100)116-65(53-13-16-64(62(43-53)89(101)102)115-77-73(95)71(93)72(94)74(117-77)76(97)98)44-55-47-86(85-84-55)21-23-104-25-27-106-29-31-108-33-35-110-37-39-112-41-40-111-38-36-109-34-32-107-30-28-105-26-24-103-22-19-81-66(90)10-8-7-9-20-87-67(91)17-18-68(87)92/h11-18,43,45-47,51,65,71-74,77,93-95H,5-10,19-42,44,48-50H2,1-4H3,(H,81,90)(H,82,100)(H,97,98)/t51?,65-,71+,72+,73-,74+,77-,80+/m0/s1. The number of anilines is 1. The van der Waals surface area contributed by atoms with E-state index in [1.807, 2.05) is 26.0 Å². The van der Waals surface area contributed by atoms with Crippen molar-refractivity contribution in [3.8, 4) is 17.1 Å². The predicted molar refractivity (Wildman–Crippen MR) is 412 cm³/mol. The highest BCUT2D eigenvalue weighted by Crippen LogP contribution is 2.45. The maximum Gasteiger partial charge on any atom is 0.412 e. The first kappa shape index (κ1) is 89.8. The van der Waals surface area contributed by atoms with Crippen molar-refractivity contribution in [3.05, 3.63) is 143 Å². The molecule has 0 radical (unpaired) electrons.